The molecule has 0 radical (unpaired) electrons. The zero-order chi connectivity index (χ0) is 10.7. The summed E-state index contributed by atoms with van der Waals surface area (Å²) in [4.78, 5) is 0. The lowest BCUT2D eigenvalue weighted by molar-refractivity contribution is 0.472. The third kappa shape index (κ3) is 2.74. The van der Waals surface area contributed by atoms with Gasteiger partial charge in [-0.1, -0.05) is 38.4 Å². The van der Waals surface area contributed by atoms with Crippen molar-refractivity contribution < 1.29 is 4.74 Å². The van der Waals surface area contributed by atoms with Gasteiger partial charge in [-0.25, -0.2) is 0 Å². The van der Waals surface area contributed by atoms with Crippen LogP contribution in [0.25, 0.3) is 0 Å². The van der Waals surface area contributed by atoms with Crippen LogP contribution in [0.3, 0.4) is 0 Å². The van der Waals surface area contributed by atoms with Crippen molar-refractivity contribution >= 4 is 27.3 Å². The topological polar surface area (TPSA) is 61.0 Å². The first-order chi connectivity index (χ1) is 7.28. The molecule has 2 aromatic rings. The minimum absolute atomic E-state index is 0.388. The van der Waals surface area contributed by atoms with Crippen molar-refractivity contribution in [3.05, 3.63) is 33.7 Å². The normalized spacial score (nSPS) is 10.3. The first kappa shape index (κ1) is 10.5. The lowest BCUT2D eigenvalue weighted by Crippen LogP contribution is -1.94. The van der Waals surface area contributed by atoms with Crippen LogP contribution in [0.4, 0.5) is 0 Å². The zero-order valence-corrected chi connectivity index (χ0v) is 10.1. The van der Waals surface area contributed by atoms with Gasteiger partial charge >= 0.3 is 0 Å². The highest BCUT2D eigenvalue weighted by Gasteiger charge is 2.04. The average Bonchev–Trinajstić information content (AvgIpc) is 2.65. The zero-order valence-electron chi connectivity index (χ0n) is 7.68. The number of halogens is 1. The number of hydrogen-bond donors (Lipinski definition) is 1. The number of nitrogens with zero attached hydrogens (tertiary/aromatic N) is 2. The Bertz CT molecular complexity index is 460. The highest BCUT2D eigenvalue weighted by atomic mass is 79.9. The highest BCUT2D eigenvalue weighted by molar-refractivity contribution is 9.10. The van der Waals surface area contributed by atoms with Gasteiger partial charge in [0.1, 0.15) is 10.8 Å². The second kappa shape index (κ2) is 4.69. The summed E-state index contributed by atoms with van der Waals surface area (Å²) in [7, 11) is 0. The highest BCUT2D eigenvalue weighted by Crippen LogP contribution is 2.26. The molecule has 2 rings (SSSR count). The molecule has 0 amide bonds. The van der Waals surface area contributed by atoms with Crippen LogP contribution in [0.2, 0.25) is 0 Å². The van der Waals surface area contributed by atoms with Crippen molar-refractivity contribution in [1.82, 2.24) is 10.2 Å². The van der Waals surface area contributed by atoms with Crippen LogP contribution >= 0.6 is 27.3 Å². The van der Waals surface area contributed by atoms with Crippen LogP contribution in [0.5, 0.6) is 10.9 Å². The number of ether oxygens (including phenoxy) is 1. The smallest absolute Gasteiger partial charge is 0.299 e. The molecule has 0 atom stereocenters. The average molecular weight is 286 g/mol. The third-order valence-electron chi connectivity index (χ3n) is 1.62. The molecule has 0 aliphatic rings. The van der Waals surface area contributed by atoms with E-state index in [4.69, 9.17) is 10.5 Å². The summed E-state index contributed by atoms with van der Waals surface area (Å²) in [5.74, 6) is 0.726. The molecule has 15 heavy (non-hydrogen) atoms. The van der Waals surface area contributed by atoms with E-state index >= 15 is 0 Å². The Morgan fingerprint density at radius 2 is 2.27 bits per heavy atom. The summed E-state index contributed by atoms with van der Waals surface area (Å²) in [6.07, 6.45) is 0. The molecule has 6 heteroatoms. The summed E-state index contributed by atoms with van der Waals surface area (Å²) in [5.41, 5.74) is 5.43. The number of aromatic nitrogens is 2. The largest absolute Gasteiger partial charge is 0.430 e. The Labute approximate surface area is 99.2 Å². The van der Waals surface area contributed by atoms with E-state index in [1.165, 1.54) is 11.3 Å². The van der Waals surface area contributed by atoms with Gasteiger partial charge in [-0.05, 0) is 18.2 Å². The summed E-state index contributed by atoms with van der Waals surface area (Å²) in [6, 6.07) is 7.54. The fourth-order valence-corrected chi connectivity index (χ4v) is 1.96. The third-order valence-corrected chi connectivity index (χ3v) is 2.94. The van der Waals surface area contributed by atoms with Gasteiger partial charge in [0.15, 0.2) is 0 Å². The van der Waals surface area contributed by atoms with Crippen molar-refractivity contribution in [2.24, 2.45) is 5.73 Å². The van der Waals surface area contributed by atoms with Crippen LogP contribution in [0, 0.1) is 0 Å². The molecule has 0 saturated carbocycles. The van der Waals surface area contributed by atoms with E-state index in [9.17, 15) is 0 Å². The van der Waals surface area contributed by atoms with Gasteiger partial charge in [0.05, 0.1) is 0 Å². The van der Waals surface area contributed by atoms with Crippen LogP contribution < -0.4 is 10.5 Å². The monoisotopic (exact) mass is 285 g/mol. The van der Waals surface area contributed by atoms with E-state index in [2.05, 4.69) is 26.1 Å². The Hall–Kier alpha value is -0.980. The minimum Gasteiger partial charge on any atom is -0.430 e. The second-order valence-electron chi connectivity index (χ2n) is 2.73. The predicted molar refractivity (Wildman–Crippen MR) is 62.0 cm³/mol. The summed E-state index contributed by atoms with van der Waals surface area (Å²) >= 11 is 4.71. The molecule has 0 fully saturated rings. The van der Waals surface area contributed by atoms with Crippen LogP contribution in [0.1, 0.15) is 5.01 Å². The minimum atomic E-state index is 0.388. The molecule has 0 saturated heterocycles. The Morgan fingerprint density at radius 1 is 1.40 bits per heavy atom. The molecule has 4 nitrogen and oxygen atoms in total. The number of rotatable bonds is 3. The van der Waals surface area contributed by atoms with E-state index in [0.29, 0.717) is 11.7 Å². The maximum absolute atomic E-state index is 5.50. The van der Waals surface area contributed by atoms with Crippen molar-refractivity contribution in [1.29, 1.82) is 0 Å². The SMILES string of the molecule is NCc1nnc(Oc2cccc(Br)c2)s1. The van der Waals surface area contributed by atoms with E-state index in [1.54, 1.807) is 0 Å². The summed E-state index contributed by atoms with van der Waals surface area (Å²) < 4.78 is 6.46. The van der Waals surface area contributed by atoms with Crippen molar-refractivity contribution in [2.45, 2.75) is 6.54 Å². The molecular formula is C9H8BrN3OS. The maximum Gasteiger partial charge on any atom is 0.299 e. The molecule has 0 bridgehead atoms. The van der Waals surface area contributed by atoms with Crippen LogP contribution in [-0.4, -0.2) is 10.2 Å². The van der Waals surface area contributed by atoms with E-state index < -0.39 is 0 Å². The van der Waals surface area contributed by atoms with E-state index in [-0.39, 0.29) is 0 Å². The Kier molecular flexibility index (Phi) is 3.30. The molecular weight excluding hydrogens is 278 g/mol. The molecule has 0 spiro atoms. The quantitative estimate of drug-likeness (QED) is 0.942. The predicted octanol–water partition coefficient (Wildman–Crippen LogP) is 2.55. The van der Waals surface area contributed by atoms with Gasteiger partial charge in [-0.2, -0.15) is 0 Å². The van der Waals surface area contributed by atoms with Gasteiger partial charge in [0.2, 0.25) is 0 Å². The molecule has 0 aliphatic carbocycles. The molecule has 1 aromatic heterocycles. The van der Waals surface area contributed by atoms with Crippen LogP contribution in [-0.2, 0) is 6.54 Å². The fraction of sp³-hybridized carbons (Fsp3) is 0.111. The van der Waals surface area contributed by atoms with Crippen molar-refractivity contribution in [3.63, 3.8) is 0 Å². The Balaban J connectivity index is 2.14. The Morgan fingerprint density at radius 3 is 2.93 bits per heavy atom. The second-order valence-corrected chi connectivity index (χ2v) is 4.67. The standard InChI is InChI=1S/C9H8BrN3OS/c10-6-2-1-3-7(4-6)14-9-13-12-8(5-11)15-9/h1-4H,5,11H2. The first-order valence-corrected chi connectivity index (χ1v) is 5.85. The maximum atomic E-state index is 5.50. The van der Waals surface area contributed by atoms with Gasteiger partial charge in [-0.3, -0.25) is 0 Å². The summed E-state index contributed by atoms with van der Waals surface area (Å²) in [5, 5.41) is 8.99. The molecule has 1 aromatic carbocycles. The lowest BCUT2D eigenvalue weighted by atomic mass is 10.3. The van der Waals surface area contributed by atoms with Gasteiger partial charge < -0.3 is 10.5 Å². The van der Waals surface area contributed by atoms with Gasteiger partial charge in [0.25, 0.3) is 5.19 Å². The first-order valence-electron chi connectivity index (χ1n) is 4.24. The van der Waals surface area contributed by atoms with E-state index in [1.807, 2.05) is 24.3 Å². The van der Waals surface area contributed by atoms with Gasteiger partial charge in [0, 0.05) is 11.0 Å². The molecule has 1 heterocycles. The van der Waals surface area contributed by atoms with Gasteiger partial charge in [-0.15, -0.1) is 5.10 Å². The molecule has 0 unspecified atom stereocenters. The molecule has 78 valence electrons. The van der Waals surface area contributed by atoms with Crippen molar-refractivity contribution in [3.8, 4) is 10.9 Å². The van der Waals surface area contributed by atoms with Crippen LogP contribution in [0.15, 0.2) is 28.7 Å². The number of nitrogens with two attached hydrogens (primary N) is 1. The number of hydrogen-bond acceptors (Lipinski definition) is 5. The summed E-state index contributed by atoms with van der Waals surface area (Å²) in [6.45, 7) is 0.388. The van der Waals surface area contributed by atoms with E-state index in [0.717, 1.165) is 15.2 Å². The fourth-order valence-electron chi connectivity index (χ4n) is 0.993. The lowest BCUT2D eigenvalue weighted by Gasteiger charge is -2.00. The number of benzene rings is 1. The molecule has 2 N–H and O–H groups in total. The molecule has 0 aliphatic heterocycles. The van der Waals surface area contributed by atoms with Crippen molar-refractivity contribution in [2.75, 3.05) is 0 Å².